The molecule has 11 heteroatoms. The molecule has 0 aliphatic heterocycles. The molecule has 0 bridgehead atoms. The third kappa shape index (κ3) is 4.14. The molecule has 0 fully saturated rings. The minimum atomic E-state index is -0.391. The summed E-state index contributed by atoms with van der Waals surface area (Å²) in [6, 6.07) is 9.01. The Hall–Kier alpha value is -3.76. The van der Waals surface area contributed by atoms with E-state index < -0.39 is 5.69 Å². The predicted octanol–water partition coefficient (Wildman–Crippen LogP) is -0.508. The van der Waals surface area contributed by atoms with Crippen LogP contribution in [0.5, 0.6) is 0 Å². The minimum Gasteiger partial charge on any atom is -0.368 e. The number of nitrogen functional groups attached to an aromatic ring is 1. The Labute approximate surface area is 160 Å². The summed E-state index contributed by atoms with van der Waals surface area (Å²) in [6.45, 7) is 1.57. The smallest absolute Gasteiger partial charge is 0.351 e. The normalized spacial score (nSPS) is 10.7. The number of nitrogens with zero attached hydrogens (tertiary/aromatic N) is 7. The molecule has 0 spiro atoms. The van der Waals surface area contributed by atoms with Gasteiger partial charge in [0, 0.05) is 14.1 Å². The fraction of sp³-hybridized carbons (Fsp3) is 0.294. The maximum atomic E-state index is 12.6. The second-order valence-corrected chi connectivity index (χ2v) is 6.24. The lowest BCUT2D eigenvalue weighted by Gasteiger charge is -2.11. The Kier molecular flexibility index (Phi) is 5.34. The third-order valence-corrected chi connectivity index (χ3v) is 3.88. The molecule has 11 nitrogen and oxygen atoms in total. The second-order valence-electron chi connectivity index (χ2n) is 6.24. The van der Waals surface area contributed by atoms with Gasteiger partial charge in [-0.05, 0) is 19.1 Å². The van der Waals surface area contributed by atoms with Crippen molar-refractivity contribution < 1.29 is 4.79 Å². The van der Waals surface area contributed by atoms with Gasteiger partial charge in [0.2, 0.25) is 17.8 Å². The average molecular weight is 383 g/mol. The van der Waals surface area contributed by atoms with E-state index in [2.05, 4.69) is 25.4 Å². The number of hydrogen-bond acceptors (Lipinski definition) is 8. The first-order valence-electron chi connectivity index (χ1n) is 8.51. The molecule has 0 saturated heterocycles. The number of amides is 1. The van der Waals surface area contributed by atoms with Gasteiger partial charge in [-0.15, -0.1) is 0 Å². The number of hydrogen-bond donors (Lipinski definition) is 2. The van der Waals surface area contributed by atoms with Crippen molar-refractivity contribution in [2.75, 3.05) is 24.7 Å². The van der Waals surface area contributed by atoms with Crippen LogP contribution in [0.2, 0.25) is 0 Å². The Morgan fingerprint density at radius 2 is 1.89 bits per heavy atom. The molecule has 2 heterocycles. The summed E-state index contributed by atoms with van der Waals surface area (Å²) in [5.74, 6) is 0.854. The summed E-state index contributed by atoms with van der Waals surface area (Å²) in [5, 5.41) is 6.91. The molecule has 0 aliphatic rings. The largest absolute Gasteiger partial charge is 0.368 e. The zero-order valence-corrected chi connectivity index (χ0v) is 15.8. The van der Waals surface area contributed by atoms with Gasteiger partial charge in [-0.25, -0.2) is 4.79 Å². The maximum Gasteiger partial charge on any atom is 0.351 e. The van der Waals surface area contributed by atoms with Crippen LogP contribution < -0.4 is 21.6 Å². The molecule has 0 unspecified atom stereocenters. The molecule has 1 aromatic carbocycles. The summed E-state index contributed by atoms with van der Waals surface area (Å²) in [6.07, 6.45) is 0. The van der Waals surface area contributed by atoms with E-state index in [0.29, 0.717) is 23.3 Å². The van der Waals surface area contributed by atoms with Gasteiger partial charge in [0.1, 0.15) is 12.4 Å². The fourth-order valence-electron chi connectivity index (χ4n) is 2.49. The van der Waals surface area contributed by atoms with E-state index >= 15 is 0 Å². The molecule has 0 saturated carbocycles. The molecule has 3 N–H and O–H groups in total. The standard InChI is InChI=1S/C17H21N9O2/c1-11-23-26(12-7-5-4-6-8-12)17(28)25(11)10-14(27)19-9-13-20-15(18)22-16(21-13)24(2)3/h4-8H,9-10H2,1-3H3,(H,19,27)(H2,18,20,21,22). The van der Waals surface area contributed by atoms with Crippen LogP contribution in [0, 0.1) is 6.92 Å². The van der Waals surface area contributed by atoms with E-state index in [-0.39, 0.29) is 24.9 Å². The third-order valence-electron chi connectivity index (χ3n) is 3.88. The van der Waals surface area contributed by atoms with Gasteiger partial charge in [0.25, 0.3) is 0 Å². The number of para-hydroxylation sites is 1. The molecule has 3 aromatic rings. The molecule has 146 valence electrons. The number of nitrogens with two attached hydrogens (primary N) is 1. The number of benzene rings is 1. The van der Waals surface area contributed by atoms with Gasteiger partial charge < -0.3 is 16.0 Å². The van der Waals surface area contributed by atoms with Crippen LogP contribution in [0.25, 0.3) is 5.69 Å². The van der Waals surface area contributed by atoms with Gasteiger partial charge in [0.05, 0.1) is 12.2 Å². The molecular weight excluding hydrogens is 362 g/mol. The summed E-state index contributed by atoms with van der Waals surface area (Å²) in [7, 11) is 3.55. The molecular formula is C17H21N9O2. The van der Waals surface area contributed by atoms with E-state index in [0.717, 1.165) is 0 Å². The zero-order chi connectivity index (χ0) is 20.3. The van der Waals surface area contributed by atoms with Crippen LogP contribution in [0.3, 0.4) is 0 Å². The van der Waals surface area contributed by atoms with Crippen molar-refractivity contribution in [3.05, 3.63) is 52.5 Å². The molecule has 0 radical (unpaired) electrons. The lowest BCUT2D eigenvalue weighted by Crippen LogP contribution is -2.33. The lowest BCUT2D eigenvalue weighted by molar-refractivity contribution is -0.121. The number of carbonyl (C=O) groups is 1. The highest BCUT2D eigenvalue weighted by Gasteiger charge is 2.15. The SMILES string of the molecule is Cc1nn(-c2ccccc2)c(=O)n1CC(=O)NCc1nc(N)nc(N(C)C)n1. The summed E-state index contributed by atoms with van der Waals surface area (Å²) in [5.41, 5.74) is 5.91. The predicted molar refractivity (Wildman–Crippen MR) is 103 cm³/mol. The van der Waals surface area contributed by atoms with Gasteiger partial charge >= 0.3 is 5.69 Å². The fourth-order valence-corrected chi connectivity index (χ4v) is 2.49. The van der Waals surface area contributed by atoms with Crippen LogP contribution in [-0.4, -0.2) is 49.3 Å². The second kappa shape index (κ2) is 7.86. The van der Waals surface area contributed by atoms with Crippen molar-refractivity contribution in [2.24, 2.45) is 0 Å². The zero-order valence-electron chi connectivity index (χ0n) is 15.8. The van der Waals surface area contributed by atoms with Crippen molar-refractivity contribution in [1.82, 2.24) is 34.6 Å². The number of aryl methyl sites for hydroxylation is 1. The van der Waals surface area contributed by atoms with Gasteiger partial charge in [-0.3, -0.25) is 9.36 Å². The van der Waals surface area contributed by atoms with E-state index in [4.69, 9.17) is 5.73 Å². The van der Waals surface area contributed by atoms with E-state index in [1.165, 1.54) is 9.25 Å². The Morgan fingerprint density at radius 3 is 2.57 bits per heavy atom. The van der Waals surface area contributed by atoms with Crippen molar-refractivity contribution in [2.45, 2.75) is 20.0 Å². The summed E-state index contributed by atoms with van der Waals surface area (Å²) >= 11 is 0. The molecule has 0 aliphatic carbocycles. The van der Waals surface area contributed by atoms with Gasteiger partial charge in [0.15, 0.2) is 5.82 Å². The Balaban J connectivity index is 1.71. The number of nitrogens with one attached hydrogen (secondary N) is 1. The molecule has 0 atom stereocenters. The highest BCUT2D eigenvalue weighted by molar-refractivity contribution is 5.75. The van der Waals surface area contributed by atoms with Crippen molar-refractivity contribution in [3.8, 4) is 5.69 Å². The minimum absolute atomic E-state index is 0.0625. The average Bonchev–Trinajstić information content (AvgIpc) is 2.95. The van der Waals surface area contributed by atoms with Gasteiger partial charge in [-0.2, -0.15) is 24.7 Å². The summed E-state index contributed by atoms with van der Waals surface area (Å²) < 4.78 is 2.56. The Morgan fingerprint density at radius 1 is 1.18 bits per heavy atom. The number of carbonyl (C=O) groups excluding carboxylic acids is 1. The number of anilines is 2. The van der Waals surface area contributed by atoms with E-state index in [1.807, 2.05) is 18.2 Å². The first kappa shape index (κ1) is 19.0. The quantitative estimate of drug-likeness (QED) is 0.581. The van der Waals surface area contributed by atoms with Crippen molar-refractivity contribution in [3.63, 3.8) is 0 Å². The highest BCUT2D eigenvalue weighted by atomic mass is 16.2. The maximum absolute atomic E-state index is 12.6. The molecule has 28 heavy (non-hydrogen) atoms. The van der Waals surface area contributed by atoms with E-state index in [1.54, 1.807) is 38.1 Å². The van der Waals surface area contributed by atoms with E-state index in [9.17, 15) is 9.59 Å². The molecule has 1 amide bonds. The van der Waals surface area contributed by atoms with Crippen LogP contribution >= 0.6 is 0 Å². The summed E-state index contributed by atoms with van der Waals surface area (Å²) in [4.78, 5) is 38.8. The molecule has 2 aromatic heterocycles. The van der Waals surface area contributed by atoms with Crippen LogP contribution in [0.4, 0.5) is 11.9 Å². The topological polar surface area (TPSA) is 137 Å². The highest BCUT2D eigenvalue weighted by Crippen LogP contribution is 2.06. The molecule has 3 rings (SSSR count). The number of rotatable bonds is 6. The monoisotopic (exact) mass is 383 g/mol. The first-order valence-corrected chi connectivity index (χ1v) is 8.51. The lowest BCUT2D eigenvalue weighted by atomic mass is 10.3. The van der Waals surface area contributed by atoms with Crippen LogP contribution in [0.1, 0.15) is 11.6 Å². The van der Waals surface area contributed by atoms with Crippen LogP contribution in [0.15, 0.2) is 35.1 Å². The van der Waals surface area contributed by atoms with Gasteiger partial charge in [-0.1, -0.05) is 18.2 Å². The van der Waals surface area contributed by atoms with Crippen molar-refractivity contribution in [1.29, 1.82) is 0 Å². The van der Waals surface area contributed by atoms with Crippen LogP contribution in [-0.2, 0) is 17.9 Å². The first-order chi connectivity index (χ1) is 13.3. The number of aromatic nitrogens is 6. The van der Waals surface area contributed by atoms with Crippen molar-refractivity contribution >= 4 is 17.8 Å². The Bertz CT molecular complexity index is 1040.